The van der Waals surface area contributed by atoms with E-state index in [0.717, 1.165) is 41.0 Å². The van der Waals surface area contributed by atoms with Crippen LogP contribution >= 0.6 is 0 Å². The first-order valence-electron chi connectivity index (χ1n) is 5.78. The van der Waals surface area contributed by atoms with Crippen molar-refractivity contribution < 1.29 is 4.42 Å². The second-order valence-electron chi connectivity index (χ2n) is 3.98. The maximum atomic E-state index is 5.68. The largest absolute Gasteiger partial charge is 0.442 e. The first-order valence-corrected chi connectivity index (χ1v) is 5.78. The Kier molecular flexibility index (Phi) is 3.09. The summed E-state index contributed by atoms with van der Waals surface area (Å²) in [4.78, 5) is 4.53. The maximum absolute atomic E-state index is 5.68. The summed E-state index contributed by atoms with van der Waals surface area (Å²) in [5.74, 6) is 0.939. The number of rotatable bonds is 3. The van der Waals surface area contributed by atoms with Crippen LogP contribution in [0.4, 0.5) is 0 Å². The standard InChI is InChI=1S/C14H17NO/c1-4-6-11-8-9-13-12(7-5-2)10(3)16-14(13)15-11/h5,7-9H,4,6H2,1-3H3/b7-5-. The van der Waals surface area contributed by atoms with Gasteiger partial charge in [0, 0.05) is 16.6 Å². The van der Waals surface area contributed by atoms with E-state index in [4.69, 9.17) is 4.42 Å². The number of furan rings is 1. The monoisotopic (exact) mass is 215 g/mol. The number of fused-ring (bicyclic) bond motifs is 1. The Morgan fingerprint density at radius 3 is 2.88 bits per heavy atom. The van der Waals surface area contributed by atoms with Gasteiger partial charge in [0.15, 0.2) is 0 Å². The van der Waals surface area contributed by atoms with Crippen LogP contribution in [-0.4, -0.2) is 4.98 Å². The van der Waals surface area contributed by atoms with Gasteiger partial charge in [-0.1, -0.05) is 25.5 Å². The lowest BCUT2D eigenvalue weighted by atomic mass is 10.1. The van der Waals surface area contributed by atoms with E-state index in [9.17, 15) is 0 Å². The number of nitrogens with zero attached hydrogens (tertiary/aromatic N) is 1. The summed E-state index contributed by atoms with van der Waals surface area (Å²) < 4.78 is 5.68. The van der Waals surface area contributed by atoms with Crippen LogP contribution in [0.25, 0.3) is 17.2 Å². The Morgan fingerprint density at radius 2 is 2.19 bits per heavy atom. The summed E-state index contributed by atoms with van der Waals surface area (Å²) >= 11 is 0. The van der Waals surface area contributed by atoms with Crippen molar-refractivity contribution in [1.29, 1.82) is 0 Å². The van der Waals surface area contributed by atoms with Gasteiger partial charge in [-0.05, 0) is 32.4 Å². The molecule has 2 heterocycles. The van der Waals surface area contributed by atoms with Gasteiger partial charge in [0.25, 0.3) is 0 Å². The van der Waals surface area contributed by atoms with Gasteiger partial charge in [-0.25, -0.2) is 4.98 Å². The number of aryl methyl sites for hydroxylation is 2. The molecular formula is C14H17NO. The second kappa shape index (κ2) is 4.52. The van der Waals surface area contributed by atoms with E-state index in [0.29, 0.717) is 0 Å². The predicted molar refractivity (Wildman–Crippen MR) is 67.4 cm³/mol. The Labute approximate surface area is 96.0 Å². The number of allylic oxidation sites excluding steroid dienone is 1. The zero-order valence-electron chi connectivity index (χ0n) is 10.1. The van der Waals surface area contributed by atoms with Gasteiger partial charge in [0.1, 0.15) is 5.76 Å². The average molecular weight is 215 g/mol. The number of hydrogen-bond acceptors (Lipinski definition) is 2. The molecule has 2 heteroatoms. The highest BCUT2D eigenvalue weighted by Gasteiger charge is 2.09. The highest BCUT2D eigenvalue weighted by Crippen LogP contribution is 2.25. The summed E-state index contributed by atoms with van der Waals surface area (Å²) in [7, 11) is 0. The van der Waals surface area contributed by atoms with Crippen LogP contribution in [0, 0.1) is 6.92 Å². The van der Waals surface area contributed by atoms with E-state index in [1.54, 1.807) is 0 Å². The zero-order chi connectivity index (χ0) is 11.5. The van der Waals surface area contributed by atoms with Gasteiger partial charge in [-0.2, -0.15) is 0 Å². The van der Waals surface area contributed by atoms with Crippen molar-refractivity contribution in [3.05, 3.63) is 35.2 Å². The van der Waals surface area contributed by atoms with Crippen molar-refractivity contribution in [2.24, 2.45) is 0 Å². The summed E-state index contributed by atoms with van der Waals surface area (Å²) in [5.41, 5.74) is 3.01. The minimum atomic E-state index is 0.761. The third-order valence-corrected chi connectivity index (χ3v) is 2.68. The van der Waals surface area contributed by atoms with E-state index >= 15 is 0 Å². The first-order chi connectivity index (χ1) is 7.76. The highest BCUT2D eigenvalue weighted by atomic mass is 16.3. The summed E-state index contributed by atoms with van der Waals surface area (Å²) in [5, 5.41) is 1.11. The molecule has 0 fully saturated rings. The molecule has 0 amide bonds. The minimum Gasteiger partial charge on any atom is -0.442 e. The molecule has 2 nitrogen and oxygen atoms in total. The molecule has 16 heavy (non-hydrogen) atoms. The molecule has 0 unspecified atom stereocenters. The molecule has 2 aromatic heterocycles. The van der Waals surface area contributed by atoms with E-state index in [1.807, 2.05) is 19.9 Å². The molecule has 0 aliphatic carbocycles. The number of aromatic nitrogens is 1. The van der Waals surface area contributed by atoms with Crippen LogP contribution in [0.5, 0.6) is 0 Å². The van der Waals surface area contributed by atoms with Gasteiger partial charge in [-0.15, -0.1) is 0 Å². The molecule has 0 aromatic carbocycles. The molecule has 2 aromatic rings. The van der Waals surface area contributed by atoms with Crippen LogP contribution in [0.15, 0.2) is 22.6 Å². The maximum Gasteiger partial charge on any atom is 0.227 e. The summed E-state index contributed by atoms with van der Waals surface area (Å²) in [6.07, 6.45) is 6.22. The van der Waals surface area contributed by atoms with Gasteiger partial charge >= 0.3 is 0 Å². The molecule has 0 bridgehead atoms. The molecule has 0 saturated heterocycles. The Hall–Kier alpha value is -1.57. The normalized spacial score (nSPS) is 11.7. The van der Waals surface area contributed by atoms with Crippen LogP contribution < -0.4 is 0 Å². The van der Waals surface area contributed by atoms with Gasteiger partial charge in [-0.3, -0.25) is 0 Å². The Morgan fingerprint density at radius 1 is 1.38 bits per heavy atom. The van der Waals surface area contributed by atoms with Crippen molar-refractivity contribution in [3.63, 3.8) is 0 Å². The van der Waals surface area contributed by atoms with Gasteiger partial charge in [0.2, 0.25) is 5.71 Å². The van der Waals surface area contributed by atoms with Crippen molar-refractivity contribution >= 4 is 17.2 Å². The lowest BCUT2D eigenvalue weighted by molar-refractivity contribution is 0.565. The molecule has 0 spiro atoms. The van der Waals surface area contributed by atoms with Crippen molar-refractivity contribution in [1.82, 2.24) is 4.98 Å². The quantitative estimate of drug-likeness (QED) is 0.769. The number of hydrogen-bond donors (Lipinski definition) is 0. The number of pyridine rings is 1. The topological polar surface area (TPSA) is 26.0 Å². The molecule has 0 saturated carbocycles. The smallest absolute Gasteiger partial charge is 0.227 e. The highest BCUT2D eigenvalue weighted by molar-refractivity contribution is 5.86. The van der Waals surface area contributed by atoms with Crippen molar-refractivity contribution in [2.75, 3.05) is 0 Å². The SMILES string of the molecule is C/C=C\c1c(C)oc2nc(CCC)ccc12. The van der Waals surface area contributed by atoms with E-state index in [1.165, 1.54) is 0 Å². The lowest BCUT2D eigenvalue weighted by Crippen LogP contribution is -1.87. The van der Waals surface area contributed by atoms with Crippen LogP contribution in [0.2, 0.25) is 0 Å². The van der Waals surface area contributed by atoms with Crippen LogP contribution in [0.3, 0.4) is 0 Å². The van der Waals surface area contributed by atoms with E-state index in [-0.39, 0.29) is 0 Å². The van der Waals surface area contributed by atoms with Crippen LogP contribution in [0.1, 0.15) is 37.3 Å². The molecule has 84 valence electrons. The summed E-state index contributed by atoms with van der Waals surface area (Å²) in [6, 6.07) is 4.20. The second-order valence-corrected chi connectivity index (χ2v) is 3.98. The van der Waals surface area contributed by atoms with E-state index in [2.05, 4.69) is 30.1 Å². The third-order valence-electron chi connectivity index (χ3n) is 2.68. The van der Waals surface area contributed by atoms with E-state index < -0.39 is 0 Å². The molecule has 0 aliphatic rings. The minimum absolute atomic E-state index is 0.761. The zero-order valence-corrected chi connectivity index (χ0v) is 10.1. The summed E-state index contributed by atoms with van der Waals surface area (Å²) in [6.45, 7) is 6.15. The van der Waals surface area contributed by atoms with Gasteiger partial charge in [0.05, 0.1) is 0 Å². The van der Waals surface area contributed by atoms with Gasteiger partial charge < -0.3 is 4.42 Å². The fourth-order valence-electron chi connectivity index (χ4n) is 1.92. The van der Waals surface area contributed by atoms with Crippen LogP contribution in [-0.2, 0) is 6.42 Å². The molecule has 0 N–H and O–H groups in total. The lowest BCUT2D eigenvalue weighted by Gasteiger charge is -1.96. The molecular weight excluding hydrogens is 198 g/mol. The molecule has 0 atom stereocenters. The molecule has 0 radical (unpaired) electrons. The Bertz CT molecular complexity index is 523. The fourth-order valence-corrected chi connectivity index (χ4v) is 1.92. The Balaban J connectivity index is 2.56. The molecule has 2 rings (SSSR count). The first kappa shape index (κ1) is 10.9. The molecule has 0 aliphatic heterocycles. The third kappa shape index (κ3) is 1.87. The van der Waals surface area contributed by atoms with Crippen molar-refractivity contribution in [3.8, 4) is 0 Å². The average Bonchev–Trinajstić information content (AvgIpc) is 2.56. The fraction of sp³-hybridized carbons (Fsp3) is 0.357. The predicted octanol–water partition coefficient (Wildman–Crippen LogP) is 4.12. The van der Waals surface area contributed by atoms with Crippen molar-refractivity contribution in [2.45, 2.75) is 33.6 Å².